The topological polar surface area (TPSA) is 64.1 Å². The highest BCUT2D eigenvalue weighted by atomic mass is 127. The Balaban J connectivity index is 0.00000450. The fourth-order valence-electron chi connectivity index (χ4n) is 3.14. The fourth-order valence-corrected chi connectivity index (χ4v) is 3.14. The molecule has 0 aromatic heterocycles. The van der Waals surface area contributed by atoms with Gasteiger partial charge in [0, 0.05) is 25.2 Å². The summed E-state index contributed by atoms with van der Waals surface area (Å²) in [5, 5.41) is 6.70. The van der Waals surface area contributed by atoms with Crippen LogP contribution in [0.3, 0.4) is 0 Å². The van der Waals surface area contributed by atoms with Crippen LogP contribution >= 0.6 is 24.0 Å². The van der Waals surface area contributed by atoms with Crippen molar-refractivity contribution in [2.45, 2.75) is 26.2 Å². The van der Waals surface area contributed by atoms with E-state index in [1.54, 1.807) is 21.3 Å². The third-order valence-electron chi connectivity index (χ3n) is 4.55. The van der Waals surface area contributed by atoms with Gasteiger partial charge in [-0.1, -0.05) is 36.4 Å². The maximum Gasteiger partial charge on any atom is 0.203 e. The van der Waals surface area contributed by atoms with Crippen LogP contribution in [-0.4, -0.2) is 46.9 Å². The molecule has 2 N–H and O–H groups in total. The van der Waals surface area contributed by atoms with Gasteiger partial charge in [0.2, 0.25) is 5.75 Å². The molecule has 0 aliphatic carbocycles. The van der Waals surface area contributed by atoms with Gasteiger partial charge >= 0.3 is 0 Å². The molecule has 2 aromatic carbocycles. The number of guanidine groups is 1. The van der Waals surface area contributed by atoms with E-state index in [2.05, 4.69) is 46.8 Å². The number of hydrogen-bond acceptors (Lipinski definition) is 4. The lowest BCUT2D eigenvalue weighted by Gasteiger charge is -2.16. The molecule has 2 rings (SSSR count). The number of aryl methyl sites for hydroxylation is 1. The number of nitrogens with zero attached hydrogens (tertiary/aromatic N) is 1. The Morgan fingerprint density at radius 3 is 2.23 bits per heavy atom. The Labute approximate surface area is 197 Å². The second-order valence-electron chi connectivity index (χ2n) is 6.52. The summed E-state index contributed by atoms with van der Waals surface area (Å²) < 4.78 is 16.4. The summed E-state index contributed by atoms with van der Waals surface area (Å²) in [6, 6.07) is 14.4. The van der Waals surface area contributed by atoms with E-state index in [1.807, 2.05) is 18.2 Å². The predicted molar refractivity (Wildman–Crippen MR) is 134 cm³/mol. The van der Waals surface area contributed by atoms with Gasteiger partial charge in [-0.15, -0.1) is 24.0 Å². The zero-order chi connectivity index (χ0) is 20.9. The molecule has 6 nitrogen and oxygen atoms in total. The summed E-state index contributed by atoms with van der Waals surface area (Å²) in [5.41, 5.74) is 2.40. The molecule has 7 heteroatoms. The van der Waals surface area contributed by atoms with E-state index in [-0.39, 0.29) is 24.0 Å². The van der Waals surface area contributed by atoms with Gasteiger partial charge in [-0.25, -0.2) is 0 Å². The van der Waals surface area contributed by atoms with Gasteiger partial charge in [0.1, 0.15) is 0 Å². The highest BCUT2D eigenvalue weighted by Gasteiger charge is 2.15. The molecule has 0 aliphatic heterocycles. The molecule has 0 bridgehead atoms. The Hall–Kier alpha value is -2.16. The molecule has 0 aliphatic rings. The maximum absolute atomic E-state index is 5.56. The van der Waals surface area contributed by atoms with Crippen molar-refractivity contribution in [3.63, 3.8) is 0 Å². The molecule has 0 saturated carbocycles. The van der Waals surface area contributed by atoms with Gasteiger partial charge in [0.05, 0.1) is 21.3 Å². The minimum absolute atomic E-state index is 0. The van der Waals surface area contributed by atoms with Gasteiger partial charge in [-0.05, 0) is 37.8 Å². The zero-order valence-electron chi connectivity index (χ0n) is 18.4. The minimum atomic E-state index is 0. The molecule has 0 heterocycles. The molecular formula is C23H34IN3O3. The summed E-state index contributed by atoms with van der Waals surface area (Å²) in [7, 11) is 4.88. The summed E-state index contributed by atoms with van der Waals surface area (Å²) in [4.78, 5) is 4.68. The van der Waals surface area contributed by atoms with Crippen molar-refractivity contribution in [2.75, 3.05) is 41.0 Å². The van der Waals surface area contributed by atoms with E-state index < -0.39 is 0 Å². The van der Waals surface area contributed by atoms with Crippen LogP contribution < -0.4 is 24.8 Å². The van der Waals surface area contributed by atoms with Gasteiger partial charge in [0.15, 0.2) is 17.5 Å². The highest BCUT2D eigenvalue weighted by Crippen LogP contribution is 2.39. The second kappa shape index (κ2) is 14.8. The van der Waals surface area contributed by atoms with E-state index in [9.17, 15) is 0 Å². The number of nitrogens with one attached hydrogen (secondary N) is 2. The first kappa shape index (κ1) is 25.9. The first-order chi connectivity index (χ1) is 14.2. The van der Waals surface area contributed by atoms with Gasteiger partial charge < -0.3 is 24.8 Å². The number of rotatable bonds is 11. The average molecular weight is 527 g/mol. The van der Waals surface area contributed by atoms with Crippen molar-refractivity contribution in [3.05, 3.63) is 53.6 Å². The van der Waals surface area contributed by atoms with Crippen molar-refractivity contribution < 1.29 is 14.2 Å². The lowest BCUT2D eigenvalue weighted by atomic mass is 10.1. The van der Waals surface area contributed by atoms with E-state index in [0.29, 0.717) is 17.2 Å². The summed E-state index contributed by atoms with van der Waals surface area (Å²) in [6.07, 6.45) is 2.83. The van der Waals surface area contributed by atoms with Crippen LogP contribution in [0.2, 0.25) is 0 Å². The van der Waals surface area contributed by atoms with Gasteiger partial charge in [0.25, 0.3) is 0 Å². The Kier molecular flexibility index (Phi) is 12.7. The minimum Gasteiger partial charge on any atom is -0.493 e. The van der Waals surface area contributed by atoms with Crippen molar-refractivity contribution in [1.82, 2.24) is 10.6 Å². The molecule has 166 valence electrons. The number of hydrogen-bond donors (Lipinski definition) is 2. The lowest BCUT2D eigenvalue weighted by molar-refractivity contribution is 0.322. The molecule has 0 fully saturated rings. The lowest BCUT2D eigenvalue weighted by Crippen LogP contribution is -2.38. The van der Waals surface area contributed by atoms with Crippen LogP contribution in [0.5, 0.6) is 17.2 Å². The molecule has 0 saturated heterocycles. The summed E-state index contributed by atoms with van der Waals surface area (Å²) in [6.45, 7) is 4.41. The fraction of sp³-hybridized carbons (Fsp3) is 0.435. The van der Waals surface area contributed by atoms with Gasteiger partial charge in [-0.2, -0.15) is 0 Å². The predicted octanol–water partition coefficient (Wildman–Crippen LogP) is 4.06. The van der Waals surface area contributed by atoms with Crippen LogP contribution in [0, 0.1) is 0 Å². The van der Waals surface area contributed by atoms with E-state index in [1.165, 1.54) is 5.56 Å². The van der Waals surface area contributed by atoms with Crippen molar-refractivity contribution in [1.29, 1.82) is 0 Å². The van der Waals surface area contributed by atoms with E-state index >= 15 is 0 Å². The average Bonchev–Trinajstić information content (AvgIpc) is 2.76. The van der Waals surface area contributed by atoms with Crippen LogP contribution in [0.1, 0.15) is 24.5 Å². The first-order valence-electron chi connectivity index (χ1n) is 10.1. The van der Waals surface area contributed by atoms with Crippen molar-refractivity contribution >= 4 is 29.9 Å². The highest BCUT2D eigenvalue weighted by molar-refractivity contribution is 14.0. The molecule has 0 unspecified atom stereocenters. The van der Waals surface area contributed by atoms with Crippen LogP contribution in [-0.2, 0) is 12.8 Å². The largest absolute Gasteiger partial charge is 0.493 e. The number of aliphatic imine (C=N–C) groups is 1. The normalized spacial score (nSPS) is 10.7. The zero-order valence-corrected chi connectivity index (χ0v) is 20.7. The monoisotopic (exact) mass is 527 g/mol. The Morgan fingerprint density at radius 2 is 1.60 bits per heavy atom. The van der Waals surface area contributed by atoms with E-state index in [4.69, 9.17) is 14.2 Å². The number of ether oxygens (including phenoxy) is 3. The summed E-state index contributed by atoms with van der Waals surface area (Å²) in [5.74, 6) is 2.82. The molecule has 0 radical (unpaired) electrons. The van der Waals surface area contributed by atoms with Crippen LogP contribution in [0.25, 0.3) is 0 Å². The molecule has 0 atom stereocenters. The third kappa shape index (κ3) is 7.93. The smallest absolute Gasteiger partial charge is 0.203 e. The van der Waals surface area contributed by atoms with Gasteiger partial charge in [-0.3, -0.25) is 4.99 Å². The second-order valence-corrected chi connectivity index (χ2v) is 6.52. The quantitative estimate of drug-likeness (QED) is 0.200. The standard InChI is InChI=1S/C23H33N3O3.HI/c1-5-24-23(25-16-9-12-18-10-7-6-8-11-18)26-17-15-19-13-14-20(27-2)22(29-4)21(19)28-3;/h6-8,10-11,13-14H,5,9,12,15-17H2,1-4H3,(H2,24,25,26);1H. The molecule has 2 aromatic rings. The van der Waals surface area contributed by atoms with E-state index in [0.717, 1.165) is 50.4 Å². The number of methoxy groups -OCH3 is 3. The number of benzene rings is 2. The van der Waals surface area contributed by atoms with Crippen LogP contribution in [0.4, 0.5) is 0 Å². The molecule has 30 heavy (non-hydrogen) atoms. The first-order valence-corrected chi connectivity index (χ1v) is 10.1. The molecule has 0 amide bonds. The summed E-state index contributed by atoms with van der Waals surface area (Å²) >= 11 is 0. The Morgan fingerprint density at radius 1 is 0.867 bits per heavy atom. The molecular weight excluding hydrogens is 493 g/mol. The van der Waals surface area contributed by atoms with Crippen molar-refractivity contribution in [2.24, 2.45) is 4.99 Å². The Bertz CT molecular complexity index is 770. The maximum atomic E-state index is 5.56. The van der Waals surface area contributed by atoms with Crippen molar-refractivity contribution in [3.8, 4) is 17.2 Å². The number of halogens is 1. The van der Waals surface area contributed by atoms with Crippen LogP contribution in [0.15, 0.2) is 47.5 Å². The molecule has 0 spiro atoms. The SMILES string of the molecule is CCNC(=NCCCc1ccccc1)NCCc1ccc(OC)c(OC)c1OC.I. The third-order valence-corrected chi connectivity index (χ3v) is 4.55.